The second-order valence-electron chi connectivity index (χ2n) is 10.1. The molecular weight excluding hydrogens is 422 g/mol. The zero-order valence-corrected chi connectivity index (χ0v) is 19.4. The number of amides is 1. The molecule has 0 saturated heterocycles. The molecule has 1 heterocycles. The third-order valence-corrected chi connectivity index (χ3v) is 8.87. The van der Waals surface area contributed by atoms with E-state index in [0.717, 1.165) is 29.6 Å². The van der Waals surface area contributed by atoms with Gasteiger partial charge in [0, 0.05) is 18.9 Å². The van der Waals surface area contributed by atoms with E-state index in [1.54, 1.807) is 12.4 Å². The van der Waals surface area contributed by atoms with Crippen LogP contribution in [0.1, 0.15) is 49.7 Å². The first-order valence-corrected chi connectivity index (χ1v) is 13.4. The van der Waals surface area contributed by atoms with Crippen molar-refractivity contribution in [1.29, 1.82) is 0 Å². The molecule has 6 nitrogen and oxygen atoms in total. The van der Waals surface area contributed by atoms with Crippen LogP contribution in [0, 0.1) is 17.8 Å². The van der Waals surface area contributed by atoms with Crippen molar-refractivity contribution in [2.45, 2.75) is 50.5 Å². The third kappa shape index (κ3) is 4.27. The summed E-state index contributed by atoms with van der Waals surface area (Å²) in [5.41, 5.74) is 3.07. The highest BCUT2D eigenvalue weighted by Crippen LogP contribution is 2.60. The molecule has 1 amide bonds. The number of rotatable bonds is 7. The largest absolute Gasteiger partial charge is 0.350 e. The quantitative estimate of drug-likeness (QED) is 0.694. The Labute approximate surface area is 190 Å². The average Bonchev–Trinajstić information content (AvgIpc) is 2.75. The highest BCUT2D eigenvalue weighted by Gasteiger charge is 2.51. The number of aromatic nitrogens is 1. The van der Waals surface area contributed by atoms with E-state index in [0.29, 0.717) is 12.2 Å². The number of carbonyl (C=O) groups is 1. The van der Waals surface area contributed by atoms with E-state index in [2.05, 4.69) is 22.4 Å². The number of anilines is 1. The van der Waals surface area contributed by atoms with Gasteiger partial charge < -0.3 is 5.32 Å². The van der Waals surface area contributed by atoms with E-state index in [1.807, 2.05) is 24.3 Å². The molecule has 0 unspecified atom stereocenters. The van der Waals surface area contributed by atoms with Crippen LogP contribution in [0.3, 0.4) is 0 Å². The van der Waals surface area contributed by atoms with E-state index in [9.17, 15) is 13.2 Å². The Balaban J connectivity index is 1.31. The van der Waals surface area contributed by atoms with Crippen LogP contribution in [0.15, 0.2) is 48.8 Å². The highest BCUT2D eigenvalue weighted by atomic mass is 32.2. The number of nitrogens with one attached hydrogen (secondary N) is 1. The Morgan fingerprint density at radius 1 is 1.00 bits per heavy atom. The fourth-order valence-corrected chi connectivity index (χ4v) is 7.59. The van der Waals surface area contributed by atoms with E-state index in [-0.39, 0.29) is 17.9 Å². The Hall–Kier alpha value is -2.41. The molecule has 4 aliphatic carbocycles. The molecule has 0 radical (unpaired) electrons. The maximum Gasteiger partial charge on any atom is 0.241 e. The lowest BCUT2D eigenvalue weighted by Gasteiger charge is -2.57. The molecule has 4 fully saturated rings. The zero-order valence-electron chi connectivity index (χ0n) is 18.5. The standard InChI is InChI=1S/C25H31N3O3S/c1-32(30,31)28(17-24(29)27-16-18-6-8-26-9-7-18)23-4-2-22(3-5-23)25-13-19-10-20(14-25)12-21(11-19)15-25/h2-9,19-21H,10-17H2,1H3,(H,27,29). The molecule has 0 spiro atoms. The van der Waals surface area contributed by atoms with Gasteiger partial charge in [-0.15, -0.1) is 0 Å². The topological polar surface area (TPSA) is 79.4 Å². The minimum atomic E-state index is -3.59. The van der Waals surface area contributed by atoms with Crippen LogP contribution < -0.4 is 9.62 Å². The number of benzene rings is 1. The van der Waals surface area contributed by atoms with Crippen molar-refractivity contribution in [2.75, 3.05) is 17.1 Å². The van der Waals surface area contributed by atoms with Crippen LogP contribution in [0.5, 0.6) is 0 Å². The van der Waals surface area contributed by atoms with E-state index in [1.165, 1.54) is 48.4 Å². The van der Waals surface area contributed by atoms with Crippen molar-refractivity contribution in [3.05, 3.63) is 59.9 Å². The maximum atomic E-state index is 12.5. The first-order valence-electron chi connectivity index (χ1n) is 11.5. The van der Waals surface area contributed by atoms with Gasteiger partial charge in [0.1, 0.15) is 6.54 Å². The summed E-state index contributed by atoms with van der Waals surface area (Å²) in [5, 5.41) is 2.80. The fourth-order valence-electron chi connectivity index (χ4n) is 6.73. The van der Waals surface area contributed by atoms with Gasteiger partial charge in [0.05, 0.1) is 11.9 Å². The Morgan fingerprint density at radius 3 is 2.09 bits per heavy atom. The number of hydrogen-bond donors (Lipinski definition) is 1. The molecule has 4 bridgehead atoms. The van der Waals surface area contributed by atoms with Crippen LogP contribution in [0.25, 0.3) is 0 Å². The lowest BCUT2D eigenvalue weighted by atomic mass is 9.48. The summed E-state index contributed by atoms with van der Waals surface area (Å²) in [5.74, 6) is 2.24. The molecule has 0 atom stereocenters. The summed E-state index contributed by atoms with van der Waals surface area (Å²) in [4.78, 5) is 16.5. The SMILES string of the molecule is CS(=O)(=O)N(CC(=O)NCc1ccncc1)c1ccc(C23CC4CC(CC(C4)C2)C3)cc1. The van der Waals surface area contributed by atoms with Crippen LogP contribution in [0.2, 0.25) is 0 Å². The van der Waals surface area contributed by atoms with Crippen molar-refractivity contribution in [2.24, 2.45) is 17.8 Å². The molecule has 1 N–H and O–H groups in total. The molecule has 4 aliphatic rings. The molecule has 32 heavy (non-hydrogen) atoms. The Bertz CT molecular complexity index is 1050. The van der Waals surface area contributed by atoms with Gasteiger partial charge in [0.2, 0.25) is 15.9 Å². The maximum absolute atomic E-state index is 12.5. The summed E-state index contributed by atoms with van der Waals surface area (Å²) >= 11 is 0. The third-order valence-electron chi connectivity index (χ3n) is 7.73. The van der Waals surface area contributed by atoms with Crippen molar-refractivity contribution < 1.29 is 13.2 Å². The number of nitrogens with zero attached hydrogens (tertiary/aromatic N) is 2. The van der Waals surface area contributed by atoms with Gasteiger partial charge in [-0.2, -0.15) is 0 Å². The lowest BCUT2D eigenvalue weighted by molar-refractivity contribution is -0.119. The van der Waals surface area contributed by atoms with Crippen LogP contribution in [-0.2, 0) is 26.8 Å². The first kappa shape index (κ1) is 21.4. The number of sulfonamides is 1. The van der Waals surface area contributed by atoms with Gasteiger partial charge >= 0.3 is 0 Å². The van der Waals surface area contributed by atoms with Crippen LogP contribution in [0.4, 0.5) is 5.69 Å². The first-order chi connectivity index (χ1) is 15.3. The highest BCUT2D eigenvalue weighted by molar-refractivity contribution is 7.92. The average molecular weight is 454 g/mol. The van der Waals surface area contributed by atoms with E-state index < -0.39 is 10.0 Å². The Kier molecular flexibility index (Phi) is 5.48. The molecule has 170 valence electrons. The fraction of sp³-hybridized carbons (Fsp3) is 0.520. The minimum absolute atomic E-state index is 0.235. The van der Waals surface area contributed by atoms with Gasteiger partial charge in [-0.3, -0.25) is 14.1 Å². The monoisotopic (exact) mass is 453 g/mol. The second-order valence-corrected chi connectivity index (χ2v) is 12.1. The summed E-state index contributed by atoms with van der Waals surface area (Å²) in [6, 6.07) is 11.6. The molecule has 0 aliphatic heterocycles. The van der Waals surface area contributed by atoms with Crippen molar-refractivity contribution in [1.82, 2.24) is 10.3 Å². The predicted molar refractivity (Wildman–Crippen MR) is 125 cm³/mol. The molecule has 4 saturated carbocycles. The number of pyridine rings is 1. The summed E-state index contributed by atoms with van der Waals surface area (Å²) in [7, 11) is -3.59. The Morgan fingerprint density at radius 2 is 1.56 bits per heavy atom. The lowest BCUT2D eigenvalue weighted by Crippen LogP contribution is -2.48. The van der Waals surface area contributed by atoms with E-state index >= 15 is 0 Å². The van der Waals surface area contributed by atoms with Crippen LogP contribution >= 0.6 is 0 Å². The predicted octanol–water partition coefficient (Wildman–Crippen LogP) is 3.63. The molecular formula is C25H31N3O3S. The number of carbonyl (C=O) groups excluding carboxylic acids is 1. The smallest absolute Gasteiger partial charge is 0.241 e. The van der Waals surface area contributed by atoms with Gasteiger partial charge in [-0.1, -0.05) is 12.1 Å². The van der Waals surface area contributed by atoms with Crippen molar-refractivity contribution in [3.8, 4) is 0 Å². The number of hydrogen-bond acceptors (Lipinski definition) is 4. The van der Waals surface area contributed by atoms with Gasteiger partial charge in [-0.25, -0.2) is 8.42 Å². The van der Waals surface area contributed by atoms with Crippen molar-refractivity contribution in [3.63, 3.8) is 0 Å². The molecule has 7 heteroatoms. The van der Waals surface area contributed by atoms with Gasteiger partial charge in [0.15, 0.2) is 0 Å². The summed E-state index contributed by atoms with van der Waals surface area (Å²) < 4.78 is 26.2. The second kappa shape index (κ2) is 8.18. The normalized spacial score (nSPS) is 28.5. The zero-order chi connectivity index (χ0) is 22.3. The minimum Gasteiger partial charge on any atom is -0.350 e. The molecule has 6 rings (SSSR count). The molecule has 1 aromatic carbocycles. The van der Waals surface area contributed by atoms with E-state index in [4.69, 9.17) is 0 Å². The molecule has 2 aromatic rings. The van der Waals surface area contributed by atoms with Crippen molar-refractivity contribution >= 4 is 21.6 Å². The van der Waals surface area contributed by atoms with Gasteiger partial charge in [-0.05, 0) is 97.1 Å². The summed E-state index contributed by atoms with van der Waals surface area (Å²) in [6.45, 7) is 0.102. The summed E-state index contributed by atoms with van der Waals surface area (Å²) in [6.07, 6.45) is 12.5. The van der Waals surface area contributed by atoms with Crippen LogP contribution in [-0.4, -0.2) is 32.1 Å². The molecule has 1 aromatic heterocycles. The van der Waals surface area contributed by atoms with Gasteiger partial charge in [0.25, 0.3) is 0 Å².